The minimum absolute atomic E-state index is 0.256. The van der Waals surface area contributed by atoms with E-state index in [4.69, 9.17) is 0 Å². The van der Waals surface area contributed by atoms with Crippen LogP contribution in [0.5, 0.6) is 5.75 Å². The molecule has 1 aliphatic heterocycles. The third-order valence-corrected chi connectivity index (χ3v) is 2.21. The van der Waals surface area contributed by atoms with E-state index in [9.17, 15) is 5.11 Å². The summed E-state index contributed by atoms with van der Waals surface area (Å²) in [6.45, 7) is 1.03. The molecule has 1 aromatic rings. The predicted molar refractivity (Wildman–Crippen MR) is 45.9 cm³/mol. The minimum Gasteiger partial charge on any atom is -0.506 e. The molecule has 64 valence electrons. The summed E-state index contributed by atoms with van der Waals surface area (Å²) < 4.78 is 0. The Morgan fingerprint density at radius 2 is 2.50 bits per heavy atom. The van der Waals surface area contributed by atoms with Gasteiger partial charge in [-0.05, 0) is 31.5 Å². The molecule has 0 saturated carbocycles. The van der Waals surface area contributed by atoms with Crippen molar-refractivity contribution in [2.45, 2.75) is 18.9 Å². The molecule has 1 atom stereocenters. The lowest BCUT2D eigenvalue weighted by Gasteiger charge is -2.09. The number of nitrogens with zero attached hydrogens (tertiary/aromatic N) is 1. The van der Waals surface area contributed by atoms with Crippen molar-refractivity contribution < 1.29 is 5.11 Å². The highest BCUT2D eigenvalue weighted by Gasteiger charge is 2.19. The molecule has 0 amide bonds. The van der Waals surface area contributed by atoms with E-state index in [1.807, 2.05) is 0 Å². The van der Waals surface area contributed by atoms with Gasteiger partial charge in [0.25, 0.3) is 0 Å². The molecule has 0 radical (unpaired) electrons. The molecular formula is C9H12N2O. The first-order valence-electron chi connectivity index (χ1n) is 4.25. The number of hydrogen-bond acceptors (Lipinski definition) is 3. The van der Waals surface area contributed by atoms with Crippen molar-refractivity contribution in [1.29, 1.82) is 0 Å². The average molecular weight is 164 g/mol. The molecule has 0 aromatic carbocycles. The van der Waals surface area contributed by atoms with Gasteiger partial charge in [-0.15, -0.1) is 0 Å². The molecule has 0 bridgehead atoms. The number of rotatable bonds is 1. The molecule has 1 aromatic heterocycles. The fourth-order valence-electron chi connectivity index (χ4n) is 1.60. The molecule has 2 N–H and O–H groups in total. The number of hydrogen-bond donors (Lipinski definition) is 2. The Kier molecular flexibility index (Phi) is 1.96. The Labute approximate surface area is 71.4 Å². The van der Waals surface area contributed by atoms with E-state index < -0.39 is 0 Å². The molecule has 12 heavy (non-hydrogen) atoms. The van der Waals surface area contributed by atoms with E-state index in [2.05, 4.69) is 10.3 Å². The fourth-order valence-corrected chi connectivity index (χ4v) is 1.60. The standard InChI is InChI=1S/C9H12N2O/c12-8-4-2-6-11-9(8)7-3-1-5-10-7/h2,4,6-7,10,12H,1,3,5H2/t7-/m0/s1. The van der Waals surface area contributed by atoms with E-state index in [-0.39, 0.29) is 6.04 Å². The molecule has 3 heteroatoms. The van der Waals surface area contributed by atoms with Crippen LogP contribution in [0.25, 0.3) is 0 Å². The number of pyridine rings is 1. The molecule has 1 fully saturated rings. The molecule has 3 nitrogen and oxygen atoms in total. The third-order valence-electron chi connectivity index (χ3n) is 2.21. The largest absolute Gasteiger partial charge is 0.506 e. The van der Waals surface area contributed by atoms with Gasteiger partial charge in [0.05, 0.1) is 11.7 Å². The van der Waals surface area contributed by atoms with Crippen LogP contribution < -0.4 is 5.32 Å². The predicted octanol–water partition coefficient (Wildman–Crippen LogP) is 1.21. The summed E-state index contributed by atoms with van der Waals surface area (Å²) in [4.78, 5) is 4.15. The van der Waals surface area contributed by atoms with Gasteiger partial charge >= 0.3 is 0 Å². The lowest BCUT2D eigenvalue weighted by Crippen LogP contribution is -2.14. The van der Waals surface area contributed by atoms with E-state index in [1.165, 1.54) is 6.42 Å². The second-order valence-corrected chi connectivity index (χ2v) is 3.06. The Balaban J connectivity index is 2.26. The summed E-state index contributed by atoms with van der Waals surface area (Å²) in [6.07, 6.45) is 3.96. The van der Waals surface area contributed by atoms with Crippen LogP contribution in [0.1, 0.15) is 24.6 Å². The summed E-state index contributed by atoms with van der Waals surface area (Å²) in [6, 6.07) is 3.68. The normalized spacial score (nSPS) is 22.8. The van der Waals surface area contributed by atoms with Gasteiger partial charge < -0.3 is 10.4 Å². The zero-order valence-electron chi connectivity index (χ0n) is 6.83. The van der Waals surface area contributed by atoms with Crippen LogP contribution in [0.4, 0.5) is 0 Å². The van der Waals surface area contributed by atoms with E-state index >= 15 is 0 Å². The van der Waals surface area contributed by atoms with Crippen LogP contribution in [-0.4, -0.2) is 16.6 Å². The maximum Gasteiger partial charge on any atom is 0.138 e. The Hall–Kier alpha value is -1.09. The van der Waals surface area contributed by atoms with Gasteiger partial charge in [0.1, 0.15) is 5.75 Å². The first kappa shape index (κ1) is 7.55. The van der Waals surface area contributed by atoms with Gasteiger partial charge in [-0.3, -0.25) is 4.98 Å². The van der Waals surface area contributed by atoms with Crippen molar-refractivity contribution >= 4 is 0 Å². The van der Waals surface area contributed by atoms with Crippen molar-refractivity contribution in [2.75, 3.05) is 6.54 Å². The highest BCUT2D eigenvalue weighted by atomic mass is 16.3. The number of nitrogens with one attached hydrogen (secondary N) is 1. The quantitative estimate of drug-likeness (QED) is 0.655. The lowest BCUT2D eigenvalue weighted by atomic mass is 10.1. The molecule has 0 spiro atoms. The van der Waals surface area contributed by atoms with Gasteiger partial charge in [-0.2, -0.15) is 0 Å². The average Bonchev–Trinajstić information content (AvgIpc) is 2.57. The first-order chi connectivity index (χ1) is 5.88. The van der Waals surface area contributed by atoms with Crippen molar-refractivity contribution in [3.63, 3.8) is 0 Å². The van der Waals surface area contributed by atoms with Crippen LogP contribution >= 0.6 is 0 Å². The summed E-state index contributed by atoms with van der Waals surface area (Å²) in [5, 5.41) is 12.8. The second-order valence-electron chi connectivity index (χ2n) is 3.06. The van der Waals surface area contributed by atoms with Gasteiger partial charge in [0, 0.05) is 6.20 Å². The molecule has 0 aliphatic carbocycles. The fraction of sp³-hybridized carbons (Fsp3) is 0.444. The first-order valence-corrected chi connectivity index (χ1v) is 4.25. The minimum atomic E-state index is 0.256. The van der Waals surface area contributed by atoms with E-state index in [0.717, 1.165) is 18.7 Å². The van der Waals surface area contributed by atoms with Gasteiger partial charge in [-0.1, -0.05) is 0 Å². The van der Waals surface area contributed by atoms with Crippen LogP contribution in [0, 0.1) is 0 Å². The van der Waals surface area contributed by atoms with Crippen molar-refractivity contribution in [3.8, 4) is 5.75 Å². The zero-order chi connectivity index (χ0) is 8.39. The van der Waals surface area contributed by atoms with Crippen molar-refractivity contribution in [1.82, 2.24) is 10.3 Å². The lowest BCUT2D eigenvalue weighted by molar-refractivity contribution is 0.450. The summed E-state index contributed by atoms with van der Waals surface area (Å²) in [5.41, 5.74) is 0.787. The molecule has 2 rings (SSSR count). The third kappa shape index (κ3) is 1.28. The van der Waals surface area contributed by atoms with Crippen LogP contribution in [0.2, 0.25) is 0 Å². The van der Waals surface area contributed by atoms with Crippen LogP contribution in [0.3, 0.4) is 0 Å². The molecule has 1 aliphatic rings. The van der Waals surface area contributed by atoms with Crippen LogP contribution in [0.15, 0.2) is 18.3 Å². The number of aromatic nitrogens is 1. The SMILES string of the molecule is Oc1cccnc1[C@@H]1CCCN1. The smallest absolute Gasteiger partial charge is 0.138 e. The Morgan fingerprint density at radius 1 is 1.58 bits per heavy atom. The maximum absolute atomic E-state index is 9.47. The van der Waals surface area contributed by atoms with Gasteiger partial charge in [-0.25, -0.2) is 0 Å². The van der Waals surface area contributed by atoms with Crippen molar-refractivity contribution in [2.24, 2.45) is 0 Å². The van der Waals surface area contributed by atoms with Crippen molar-refractivity contribution in [3.05, 3.63) is 24.0 Å². The molecular weight excluding hydrogens is 152 g/mol. The molecule has 0 unspecified atom stereocenters. The topological polar surface area (TPSA) is 45.2 Å². The summed E-state index contributed by atoms with van der Waals surface area (Å²) in [5.74, 6) is 0.303. The van der Waals surface area contributed by atoms with E-state index in [1.54, 1.807) is 18.3 Å². The Bertz CT molecular complexity index is 269. The number of aromatic hydroxyl groups is 1. The van der Waals surface area contributed by atoms with Crippen LogP contribution in [-0.2, 0) is 0 Å². The monoisotopic (exact) mass is 164 g/mol. The van der Waals surface area contributed by atoms with Gasteiger partial charge in [0.15, 0.2) is 0 Å². The Morgan fingerprint density at radius 3 is 3.17 bits per heavy atom. The second kappa shape index (κ2) is 3.11. The van der Waals surface area contributed by atoms with Gasteiger partial charge in [0.2, 0.25) is 0 Å². The molecule has 2 heterocycles. The van der Waals surface area contributed by atoms with E-state index in [0.29, 0.717) is 5.75 Å². The maximum atomic E-state index is 9.47. The zero-order valence-corrected chi connectivity index (χ0v) is 6.83. The highest BCUT2D eigenvalue weighted by Crippen LogP contribution is 2.27. The highest BCUT2D eigenvalue weighted by molar-refractivity contribution is 5.28. The summed E-state index contributed by atoms with van der Waals surface area (Å²) >= 11 is 0. The summed E-state index contributed by atoms with van der Waals surface area (Å²) in [7, 11) is 0. The molecule has 1 saturated heterocycles.